The zero-order valence-corrected chi connectivity index (χ0v) is 17.5. The Kier molecular flexibility index (Phi) is 3.23. The largest absolute Gasteiger partial charge is 0.367 e. The highest BCUT2D eigenvalue weighted by Crippen LogP contribution is 2.49. The van der Waals surface area contributed by atoms with Gasteiger partial charge in [-0.1, -0.05) is 0 Å². The van der Waals surface area contributed by atoms with Crippen molar-refractivity contribution in [3.05, 3.63) is 65.0 Å². The van der Waals surface area contributed by atoms with Crippen molar-refractivity contribution in [2.75, 3.05) is 18.0 Å². The maximum atomic E-state index is 13.0. The highest BCUT2D eigenvalue weighted by atomic mass is 16.1. The van der Waals surface area contributed by atoms with E-state index in [4.69, 9.17) is 4.98 Å². The summed E-state index contributed by atoms with van der Waals surface area (Å²) in [6.07, 6.45) is 10.9. The molecule has 3 fully saturated rings. The maximum Gasteiger partial charge on any atom is 0.258 e. The molecule has 1 aliphatic heterocycles. The smallest absolute Gasteiger partial charge is 0.258 e. The molecule has 2 spiro atoms. The van der Waals surface area contributed by atoms with Crippen LogP contribution in [0.1, 0.15) is 31.4 Å². The summed E-state index contributed by atoms with van der Waals surface area (Å²) in [5.41, 5.74) is 5.75. The van der Waals surface area contributed by atoms with Gasteiger partial charge in [0.2, 0.25) is 0 Å². The Morgan fingerprint density at radius 1 is 0.903 bits per heavy atom. The molecule has 7 nitrogen and oxygen atoms in total. The zero-order valence-electron chi connectivity index (χ0n) is 17.5. The second-order valence-corrected chi connectivity index (χ2v) is 9.70. The number of hydrogen-bond acceptors (Lipinski definition) is 5. The fourth-order valence-corrected chi connectivity index (χ4v) is 5.18. The Balaban J connectivity index is 1.28. The first-order valence-electron chi connectivity index (χ1n) is 11.0. The minimum atomic E-state index is -0.0545. The van der Waals surface area contributed by atoms with Crippen molar-refractivity contribution in [1.29, 1.82) is 0 Å². The van der Waals surface area contributed by atoms with Crippen molar-refractivity contribution in [2.45, 2.75) is 43.7 Å². The molecule has 0 radical (unpaired) electrons. The van der Waals surface area contributed by atoms with E-state index in [1.54, 1.807) is 10.5 Å². The normalized spacial score (nSPS) is 20.7. The third kappa shape index (κ3) is 2.80. The molecule has 4 aromatic heterocycles. The number of rotatable bonds is 2. The monoisotopic (exact) mass is 412 g/mol. The van der Waals surface area contributed by atoms with E-state index in [1.165, 1.54) is 25.7 Å². The molecule has 2 aliphatic carbocycles. The highest BCUT2D eigenvalue weighted by molar-refractivity contribution is 5.64. The van der Waals surface area contributed by atoms with Crippen LogP contribution < -0.4 is 15.8 Å². The molecule has 4 aromatic rings. The summed E-state index contributed by atoms with van der Waals surface area (Å²) in [5, 5.41) is 3.91. The van der Waals surface area contributed by atoms with Crippen LogP contribution in [0.3, 0.4) is 0 Å². The summed E-state index contributed by atoms with van der Waals surface area (Å²) in [4.78, 5) is 24.7. The van der Waals surface area contributed by atoms with Gasteiger partial charge in [-0.05, 0) is 56.9 Å². The quantitative estimate of drug-likeness (QED) is 0.548. The molecule has 2 saturated carbocycles. The van der Waals surface area contributed by atoms with Gasteiger partial charge < -0.3 is 14.6 Å². The summed E-state index contributed by atoms with van der Waals surface area (Å²) < 4.78 is 3.66. The first kappa shape index (κ1) is 17.5. The number of pyridine rings is 2. The zero-order chi connectivity index (χ0) is 20.8. The minimum Gasteiger partial charge on any atom is -0.367 e. The number of aromatic nitrogens is 4. The molecule has 5 heterocycles. The van der Waals surface area contributed by atoms with E-state index in [0.717, 1.165) is 35.7 Å². The molecular formula is C24H24N6O. The Morgan fingerprint density at radius 3 is 2.39 bits per heavy atom. The van der Waals surface area contributed by atoms with Crippen LogP contribution in [0, 0.1) is 6.92 Å². The van der Waals surface area contributed by atoms with Crippen molar-refractivity contribution >= 4 is 17.0 Å². The predicted octanol–water partition coefficient (Wildman–Crippen LogP) is 2.79. The maximum absolute atomic E-state index is 13.0. The Hall–Kier alpha value is -3.19. The van der Waals surface area contributed by atoms with E-state index >= 15 is 0 Å². The van der Waals surface area contributed by atoms with E-state index in [9.17, 15) is 4.79 Å². The van der Waals surface area contributed by atoms with Gasteiger partial charge in [0, 0.05) is 54.4 Å². The summed E-state index contributed by atoms with van der Waals surface area (Å²) in [6.45, 7) is 4.01. The predicted molar refractivity (Wildman–Crippen MR) is 120 cm³/mol. The number of nitrogens with zero attached hydrogens (tertiary/aromatic N) is 5. The molecule has 0 amide bonds. The average Bonchev–Trinajstić information content (AvgIpc) is 3.65. The van der Waals surface area contributed by atoms with Gasteiger partial charge in [-0.25, -0.2) is 9.97 Å². The average molecular weight is 412 g/mol. The second-order valence-electron chi connectivity index (χ2n) is 9.70. The molecule has 7 heteroatoms. The van der Waals surface area contributed by atoms with E-state index in [-0.39, 0.29) is 5.56 Å². The topological polar surface area (TPSA) is 66.9 Å². The van der Waals surface area contributed by atoms with E-state index in [0.29, 0.717) is 22.4 Å². The molecule has 0 atom stereocenters. The minimum absolute atomic E-state index is 0.0545. The molecule has 1 saturated heterocycles. The van der Waals surface area contributed by atoms with Gasteiger partial charge in [0.05, 0.1) is 17.1 Å². The number of anilines is 1. The Bertz CT molecular complexity index is 1410. The van der Waals surface area contributed by atoms with Crippen molar-refractivity contribution < 1.29 is 0 Å². The highest BCUT2D eigenvalue weighted by Gasteiger charge is 2.58. The van der Waals surface area contributed by atoms with Gasteiger partial charge in [-0.3, -0.25) is 9.20 Å². The van der Waals surface area contributed by atoms with Crippen LogP contribution in [0.2, 0.25) is 0 Å². The third-order valence-corrected chi connectivity index (χ3v) is 7.10. The number of hydrogen-bond donors (Lipinski definition) is 1. The van der Waals surface area contributed by atoms with Gasteiger partial charge in [0.15, 0.2) is 0 Å². The van der Waals surface area contributed by atoms with Crippen LogP contribution in [0.25, 0.3) is 22.6 Å². The summed E-state index contributed by atoms with van der Waals surface area (Å²) in [7, 11) is 0. The number of piperazine rings is 1. The Morgan fingerprint density at radius 2 is 1.65 bits per heavy atom. The van der Waals surface area contributed by atoms with Crippen LogP contribution in [-0.2, 0) is 0 Å². The lowest BCUT2D eigenvalue weighted by Gasteiger charge is -2.41. The van der Waals surface area contributed by atoms with E-state index in [1.807, 2.05) is 48.1 Å². The van der Waals surface area contributed by atoms with E-state index < -0.39 is 0 Å². The molecular weight excluding hydrogens is 388 g/mol. The SMILES string of the molecule is Cc1cn2cc(-c3cc(=O)n4cc(N5CC6(CC6)NC6(CC6)C5)ccc4n3)ccc2n1. The molecule has 0 bridgehead atoms. The lowest BCUT2D eigenvalue weighted by Crippen LogP contribution is -2.60. The fourth-order valence-electron chi connectivity index (χ4n) is 5.18. The molecule has 0 unspecified atom stereocenters. The molecule has 31 heavy (non-hydrogen) atoms. The van der Waals surface area contributed by atoms with Gasteiger partial charge in [0.1, 0.15) is 11.3 Å². The van der Waals surface area contributed by atoms with Gasteiger partial charge in [0.25, 0.3) is 5.56 Å². The number of imidazole rings is 1. The number of fused-ring (bicyclic) bond motifs is 2. The van der Waals surface area contributed by atoms with Crippen molar-refractivity contribution in [3.8, 4) is 11.3 Å². The second kappa shape index (κ2) is 5.73. The number of aryl methyl sites for hydroxylation is 1. The van der Waals surface area contributed by atoms with Crippen LogP contribution in [-0.4, -0.2) is 42.9 Å². The van der Waals surface area contributed by atoms with Gasteiger partial charge in [-0.15, -0.1) is 0 Å². The molecule has 3 aliphatic rings. The van der Waals surface area contributed by atoms with Crippen molar-refractivity contribution in [1.82, 2.24) is 24.1 Å². The third-order valence-electron chi connectivity index (χ3n) is 7.10. The van der Waals surface area contributed by atoms with Crippen LogP contribution in [0.15, 0.2) is 53.7 Å². The van der Waals surface area contributed by atoms with Crippen LogP contribution in [0.4, 0.5) is 5.69 Å². The Labute approximate surface area is 179 Å². The van der Waals surface area contributed by atoms with Crippen LogP contribution in [0.5, 0.6) is 0 Å². The standard InChI is InChI=1S/C24H24N6O/c1-16-11-28-12-17(2-4-20(28)25-16)19-10-22(31)30-13-18(3-5-21(30)26-19)29-14-23(6-7-23)27-24(15-29)8-9-24/h2-5,10-13,27H,6-9,14-15H2,1H3. The summed E-state index contributed by atoms with van der Waals surface area (Å²) in [5.74, 6) is 0. The molecule has 156 valence electrons. The van der Waals surface area contributed by atoms with Gasteiger partial charge >= 0.3 is 0 Å². The first-order chi connectivity index (χ1) is 15.0. The molecule has 1 N–H and O–H groups in total. The first-order valence-corrected chi connectivity index (χ1v) is 11.0. The fraction of sp³-hybridized carbons (Fsp3) is 0.375. The summed E-state index contributed by atoms with van der Waals surface area (Å²) >= 11 is 0. The van der Waals surface area contributed by atoms with Gasteiger partial charge in [-0.2, -0.15) is 0 Å². The van der Waals surface area contributed by atoms with E-state index in [2.05, 4.69) is 21.3 Å². The van der Waals surface area contributed by atoms with Crippen molar-refractivity contribution in [2.24, 2.45) is 0 Å². The molecule has 7 rings (SSSR count). The number of nitrogens with one attached hydrogen (secondary N) is 1. The lowest BCUT2D eigenvalue weighted by molar-refractivity contribution is 0.340. The van der Waals surface area contributed by atoms with Crippen molar-refractivity contribution in [3.63, 3.8) is 0 Å². The summed E-state index contributed by atoms with van der Waals surface area (Å²) in [6, 6.07) is 9.65. The molecule has 0 aromatic carbocycles. The lowest BCUT2D eigenvalue weighted by atomic mass is 10.1. The van der Waals surface area contributed by atoms with Crippen LogP contribution >= 0.6 is 0 Å².